The van der Waals surface area contributed by atoms with Gasteiger partial charge in [-0.2, -0.15) is 0 Å². The van der Waals surface area contributed by atoms with Gasteiger partial charge in [0, 0.05) is 31.5 Å². The van der Waals surface area contributed by atoms with Crippen LogP contribution < -0.4 is 14.8 Å². The Morgan fingerprint density at radius 2 is 1.90 bits per heavy atom. The zero-order valence-corrected chi connectivity index (χ0v) is 12.3. The quantitative estimate of drug-likeness (QED) is 0.880. The maximum atomic E-state index is 12.1. The second-order valence-corrected chi connectivity index (χ2v) is 4.47. The minimum atomic E-state index is -0.188. The average molecular weight is 290 g/mol. The zero-order chi connectivity index (χ0) is 15.2. The van der Waals surface area contributed by atoms with Crippen LogP contribution in [0.5, 0.6) is 11.5 Å². The van der Waals surface area contributed by atoms with Crippen LogP contribution in [0.4, 0.5) is 0 Å². The Balaban J connectivity index is 1.96. The molecule has 2 aromatic rings. The second-order valence-electron chi connectivity index (χ2n) is 4.47. The van der Waals surface area contributed by atoms with Crippen molar-refractivity contribution in [1.82, 2.24) is 10.3 Å². The highest BCUT2D eigenvalue weighted by Crippen LogP contribution is 2.22. The van der Waals surface area contributed by atoms with Crippen molar-refractivity contribution in [2.45, 2.75) is 13.3 Å². The number of amides is 1. The molecule has 1 heterocycles. The summed E-state index contributed by atoms with van der Waals surface area (Å²) in [6.45, 7) is 2.26. The first-order chi connectivity index (χ1) is 10.1. The summed E-state index contributed by atoms with van der Waals surface area (Å²) in [5.74, 6) is 1.58. The van der Waals surface area contributed by atoms with Gasteiger partial charge in [-0.1, -0.05) is 0 Å². The Hall–Kier alpha value is -2.50. The van der Waals surface area contributed by atoms with E-state index in [9.17, 15) is 4.79 Å². The van der Waals surface area contributed by atoms with Crippen molar-refractivity contribution < 1.29 is 18.7 Å². The fourth-order valence-corrected chi connectivity index (χ4v) is 1.87. The molecule has 0 aliphatic carbocycles. The third-order valence-corrected chi connectivity index (χ3v) is 2.95. The first-order valence-electron chi connectivity index (χ1n) is 6.54. The minimum absolute atomic E-state index is 0.188. The van der Waals surface area contributed by atoms with E-state index in [-0.39, 0.29) is 5.91 Å². The number of nitrogens with one attached hydrogen (secondary N) is 1. The van der Waals surface area contributed by atoms with Crippen molar-refractivity contribution in [3.63, 3.8) is 0 Å². The van der Waals surface area contributed by atoms with Crippen molar-refractivity contribution in [2.75, 3.05) is 20.8 Å². The van der Waals surface area contributed by atoms with E-state index in [4.69, 9.17) is 13.9 Å². The molecule has 112 valence electrons. The van der Waals surface area contributed by atoms with Gasteiger partial charge in [0.2, 0.25) is 0 Å². The summed E-state index contributed by atoms with van der Waals surface area (Å²) in [6, 6.07) is 5.05. The smallest absolute Gasteiger partial charge is 0.251 e. The highest BCUT2D eigenvalue weighted by Gasteiger charge is 2.10. The van der Waals surface area contributed by atoms with Crippen LogP contribution in [0.3, 0.4) is 0 Å². The molecule has 0 radical (unpaired) electrons. The first kappa shape index (κ1) is 14.9. The van der Waals surface area contributed by atoms with Crippen LogP contribution in [0.2, 0.25) is 0 Å². The first-order valence-corrected chi connectivity index (χ1v) is 6.54. The van der Waals surface area contributed by atoms with E-state index in [1.54, 1.807) is 45.6 Å². The van der Waals surface area contributed by atoms with Crippen molar-refractivity contribution in [3.8, 4) is 11.5 Å². The summed E-state index contributed by atoms with van der Waals surface area (Å²) < 4.78 is 15.4. The van der Waals surface area contributed by atoms with Crippen LogP contribution in [0, 0.1) is 6.92 Å². The zero-order valence-electron chi connectivity index (χ0n) is 12.3. The Bertz CT molecular complexity index is 600. The average Bonchev–Trinajstić information content (AvgIpc) is 2.92. The van der Waals surface area contributed by atoms with Gasteiger partial charge in [-0.25, -0.2) is 4.98 Å². The molecule has 1 aromatic carbocycles. The van der Waals surface area contributed by atoms with Crippen molar-refractivity contribution in [1.29, 1.82) is 0 Å². The number of methoxy groups -OCH3 is 2. The normalized spacial score (nSPS) is 10.2. The lowest BCUT2D eigenvalue weighted by Crippen LogP contribution is -2.25. The lowest BCUT2D eigenvalue weighted by molar-refractivity contribution is 0.0953. The van der Waals surface area contributed by atoms with E-state index in [2.05, 4.69) is 10.3 Å². The molecule has 21 heavy (non-hydrogen) atoms. The Kier molecular flexibility index (Phi) is 4.81. The van der Waals surface area contributed by atoms with Crippen molar-refractivity contribution in [3.05, 3.63) is 41.6 Å². The van der Waals surface area contributed by atoms with Crippen LogP contribution in [-0.4, -0.2) is 31.7 Å². The number of carbonyl (C=O) groups is 1. The molecule has 0 spiro atoms. The highest BCUT2D eigenvalue weighted by molar-refractivity contribution is 5.95. The number of oxazole rings is 1. The van der Waals surface area contributed by atoms with E-state index in [0.29, 0.717) is 35.9 Å². The lowest BCUT2D eigenvalue weighted by atomic mass is 10.2. The topological polar surface area (TPSA) is 73.6 Å². The van der Waals surface area contributed by atoms with Gasteiger partial charge < -0.3 is 19.2 Å². The third kappa shape index (κ3) is 3.98. The number of aromatic nitrogens is 1. The fraction of sp³-hybridized carbons (Fsp3) is 0.333. The van der Waals surface area contributed by atoms with E-state index < -0.39 is 0 Å². The van der Waals surface area contributed by atoms with Gasteiger partial charge in [-0.15, -0.1) is 0 Å². The number of hydrogen-bond acceptors (Lipinski definition) is 5. The number of hydrogen-bond donors (Lipinski definition) is 1. The highest BCUT2D eigenvalue weighted by atomic mass is 16.5. The number of aryl methyl sites for hydroxylation is 1. The van der Waals surface area contributed by atoms with Gasteiger partial charge in [0.1, 0.15) is 17.8 Å². The van der Waals surface area contributed by atoms with Gasteiger partial charge in [0.25, 0.3) is 5.91 Å². The molecule has 0 atom stereocenters. The Morgan fingerprint density at radius 1 is 1.24 bits per heavy atom. The SMILES string of the molecule is COc1cc(OC)cc(C(=O)NCCc2coc(C)n2)c1. The molecule has 0 unspecified atom stereocenters. The van der Waals surface area contributed by atoms with E-state index in [1.165, 1.54) is 0 Å². The number of ether oxygens (including phenoxy) is 2. The fourth-order valence-electron chi connectivity index (χ4n) is 1.87. The van der Waals surface area contributed by atoms with Crippen LogP contribution in [0.15, 0.2) is 28.9 Å². The van der Waals surface area contributed by atoms with Crippen LogP contribution in [0.25, 0.3) is 0 Å². The summed E-state index contributed by atoms with van der Waals surface area (Å²) in [5, 5.41) is 2.83. The van der Waals surface area contributed by atoms with Crippen LogP contribution >= 0.6 is 0 Å². The summed E-state index contributed by atoms with van der Waals surface area (Å²) >= 11 is 0. The Labute approximate surface area is 123 Å². The standard InChI is InChI=1S/C15H18N2O4/c1-10-17-12(9-21-10)4-5-16-15(18)11-6-13(19-2)8-14(7-11)20-3/h6-9H,4-5H2,1-3H3,(H,16,18). The lowest BCUT2D eigenvalue weighted by Gasteiger charge is -2.08. The molecule has 0 saturated heterocycles. The molecule has 0 saturated carbocycles. The maximum absolute atomic E-state index is 12.1. The molecular weight excluding hydrogens is 272 g/mol. The third-order valence-electron chi connectivity index (χ3n) is 2.95. The molecular formula is C15H18N2O4. The van der Waals surface area contributed by atoms with Crippen LogP contribution in [0.1, 0.15) is 21.9 Å². The molecule has 0 aliphatic rings. The molecule has 1 N–H and O–H groups in total. The Morgan fingerprint density at radius 3 is 2.43 bits per heavy atom. The van der Waals surface area contributed by atoms with Gasteiger partial charge in [0.05, 0.1) is 19.9 Å². The summed E-state index contributed by atoms with van der Waals surface area (Å²) in [6.07, 6.45) is 2.21. The molecule has 6 heteroatoms. The summed E-state index contributed by atoms with van der Waals surface area (Å²) in [4.78, 5) is 16.3. The van der Waals surface area contributed by atoms with Gasteiger partial charge >= 0.3 is 0 Å². The molecule has 1 amide bonds. The van der Waals surface area contributed by atoms with Crippen molar-refractivity contribution >= 4 is 5.91 Å². The molecule has 0 aliphatic heterocycles. The van der Waals surface area contributed by atoms with E-state index >= 15 is 0 Å². The number of rotatable bonds is 6. The molecule has 0 fully saturated rings. The monoisotopic (exact) mass is 290 g/mol. The van der Waals surface area contributed by atoms with Gasteiger partial charge in [0.15, 0.2) is 5.89 Å². The van der Waals surface area contributed by atoms with Crippen molar-refractivity contribution in [2.24, 2.45) is 0 Å². The largest absolute Gasteiger partial charge is 0.497 e. The maximum Gasteiger partial charge on any atom is 0.251 e. The molecule has 2 rings (SSSR count). The predicted octanol–water partition coefficient (Wildman–Crippen LogP) is 1.97. The van der Waals surface area contributed by atoms with E-state index in [1.807, 2.05) is 0 Å². The molecule has 1 aromatic heterocycles. The molecule has 6 nitrogen and oxygen atoms in total. The number of benzene rings is 1. The predicted molar refractivity (Wildman–Crippen MR) is 76.8 cm³/mol. The van der Waals surface area contributed by atoms with Crippen LogP contribution in [-0.2, 0) is 6.42 Å². The number of carbonyl (C=O) groups excluding carboxylic acids is 1. The van der Waals surface area contributed by atoms with Gasteiger partial charge in [-0.05, 0) is 12.1 Å². The summed E-state index contributed by atoms with van der Waals surface area (Å²) in [7, 11) is 3.09. The van der Waals surface area contributed by atoms with E-state index in [0.717, 1.165) is 5.69 Å². The second kappa shape index (κ2) is 6.78. The molecule has 0 bridgehead atoms. The number of nitrogens with zero attached hydrogens (tertiary/aromatic N) is 1. The minimum Gasteiger partial charge on any atom is -0.497 e. The van der Waals surface area contributed by atoms with Gasteiger partial charge in [-0.3, -0.25) is 4.79 Å². The summed E-state index contributed by atoms with van der Waals surface area (Å²) in [5.41, 5.74) is 1.30.